The quantitative estimate of drug-likeness (QED) is 0.774. The van der Waals surface area contributed by atoms with Gasteiger partial charge in [0.15, 0.2) is 0 Å². The SMILES string of the molecule is Cn1c(C(=O)N2CCCCCC2)cc2sccc21. The number of aryl methyl sites for hydroxylation is 1. The molecule has 2 aromatic rings. The van der Waals surface area contributed by atoms with E-state index >= 15 is 0 Å². The van der Waals surface area contributed by atoms with Crippen LogP contribution in [0.5, 0.6) is 0 Å². The van der Waals surface area contributed by atoms with Crippen molar-refractivity contribution in [3.63, 3.8) is 0 Å². The highest BCUT2D eigenvalue weighted by Gasteiger charge is 2.21. The van der Waals surface area contributed by atoms with Crippen molar-refractivity contribution in [1.29, 1.82) is 0 Å². The maximum absolute atomic E-state index is 12.6. The van der Waals surface area contributed by atoms with E-state index in [1.165, 1.54) is 17.5 Å². The lowest BCUT2D eigenvalue weighted by molar-refractivity contribution is 0.0752. The molecule has 1 fully saturated rings. The number of likely N-dealkylation sites (tertiary alicyclic amines) is 1. The fourth-order valence-electron chi connectivity index (χ4n) is 2.69. The van der Waals surface area contributed by atoms with E-state index in [0.717, 1.165) is 37.1 Å². The monoisotopic (exact) mass is 262 g/mol. The lowest BCUT2D eigenvalue weighted by Crippen LogP contribution is -2.33. The van der Waals surface area contributed by atoms with Gasteiger partial charge >= 0.3 is 0 Å². The van der Waals surface area contributed by atoms with E-state index in [1.807, 2.05) is 22.6 Å². The first-order chi connectivity index (χ1) is 8.77. The number of rotatable bonds is 1. The average Bonchev–Trinajstić information content (AvgIpc) is 2.82. The number of carbonyl (C=O) groups excluding carboxylic acids is 1. The molecule has 0 spiro atoms. The number of hydrogen-bond donors (Lipinski definition) is 0. The standard InChI is InChI=1S/C14H18N2OS/c1-15-11-6-9-18-13(11)10-12(15)14(17)16-7-4-2-3-5-8-16/h6,9-10H,2-5,7-8H2,1H3. The second-order valence-corrected chi connectivity index (χ2v) is 5.91. The molecule has 1 amide bonds. The van der Waals surface area contributed by atoms with Crippen LogP contribution in [0.4, 0.5) is 0 Å². The van der Waals surface area contributed by atoms with Crippen LogP contribution in [-0.4, -0.2) is 28.5 Å². The molecule has 96 valence electrons. The molecule has 18 heavy (non-hydrogen) atoms. The van der Waals surface area contributed by atoms with E-state index in [4.69, 9.17) is 0 Å². The highest BCUT2D eigenvalue weighted by molar-refractivity contribution is 7.17. The van der Waals surface area contributed by atoms with Gasteiger partial charge in [0.1, 0.15) is 5.69 Å². The minimum atomic E-state index is 0.197. The van der Waals surface area contributed by atoms with Crippen LogP contribution in [0.3, 0.4) is 0 Å². The second-order valence-electron chi connectivity index (χ2n) is 4.97. The third-order valence-electron chi connectivity index (χ3n) is 3.78. The van der Waals surface area contributed by atoms with E-state index in [2.05, 4.69) is 11.4 Å². The number of amides is 1. The molecule has 3 heterocycles. The molecule has 0 unspecified atom stereocenters. The van der Waals surface area contributed by atoms with E-state index in [1.54, 1.807) is 11.3 Å². The van der Waals surface area contributed by atoms with Crippen LogP contribution in [-0.2, 0) is 7.05 Å². The molecule has 0 aromatic carbocycles. The first-order valence-corrected chi connectivity index (χ1v) is 7.47. The van der Waals surface area contributed by atoms with E-state index < -0.39 is 0 Å². The Kier molecular flexibility index (Phi) is 3.12. The van der Waals surface area contributed by atoms with Gasteiger partial charge in [-0.15, -0.1) is 11.3 Å². The summed E-state index contributed by atoms with van der Waals surface area (Å²) in [4.78, 5) is 14.6. The summed E-state index contributed by atoms with van der Waals surface area (Å²) in [5.41, 5.74) is 2.00. The number of nitrogens with zero attached hydrogens (tertiary/aromatic N) is 2. The van der Waals surface area contributed by atoms with Crippen molar-refractivity contribution in [3.05, 3.63) is 23.2 Å². The first-order valence-electron chi connectivity index (χ1n) is 6.59. The van der Waals surface area contributed by atoms with Crippen LogP contribution in [0.1, 0.15) is 36.2 Å². The third kappa shape index (κ3) is 1.94. The van der Waals surface area contributed by atoms with Crippen molar-refractivity contribution in [1.82, 2.24) is 9.47 Å². The average molecular weight is 262 g/mol. The zero-order valence-electron chi connectivity index (χ0n) is 10.7. The predicted molar refractivity (Wildman–Crippen MR) is 75.2 cm³/mol. The molecule has 0 aliphatic carbocycles. The summed E-state index contributed by atoms with van der Waals surface area (Å²) in [5, 5.41) is 2.07. The molecule has 0 radical (unpaired) electrons. The Balaban J connectivity index is 1.90. The van der Waals surface area contributed by atoms with Crippen molar-refractivity contribution < 1.29 is 4.79 Å². The van der Waals surface area contributed by atoms with Gasteiger partial charge in [0.05, 0.1) is 10.2 Å². The topological polar surface area (TPSA) is 25.2 Å². The molecular formula is C14H18N2OS. The molecule has 1 aliphatic heterocycles. The van der Waals surface area contributed by atoms with E-state index in [-0.39, 0.29) is 5.91 Å². The normalized spacial score (nSPS) is 17.1. The number of carbonyl (C=O) groups is 1. The van der Waals surface area contributed by atoms with E-state index in [0.29, 0.717) is 0 Å². The van der Waals surface area contributed by atoms with Crippen molar-refractivity contribution in [2.24, 2.45) is 7.05 Å². The van der Waals surface area contributed by atoms with Gasteiger partial charge in [-0.3, -0.25) is 4.79 Å². The number of hydrogen-bond acceptors (Lipinski definition) is 2. The maximum Gasteiger partial charge on any atom is 0.270 e. The number of aromatic nitrogens is 1. The van der Waals surface area contributed by atoms with Gasteiger partial charge in [-0.2, -0.15) is 0 Å². The summed E-state index contributed by atoms with van der Waals surface area (Å²) >= 11 is 1.70. The summed E-state index contributed by atoms with van der Waals surface area (Å²) in [5.74, 6) is 0.197. The van der Waals surface area contributed by atoms with Gasteiger partial charge in [0.2, 0.25) is 0 Å². The number of thiophene rings is 1. The first kappa shape index (κ1) is 11.8. The van der Waals surface area contributed by atoms with Gasteiger partial charge in [-0.25, -0.2) is 0 Å². The molecule has 0 bridgehead atoms. The molecule has 0 N–H and O–H groups in total. The zero-order chi connectivity index (χ0) is 12.5. The highest BCUT2D eigenvalue weighted by atomic mass is 32.1. The van der Waals surface area contributed by atoms with Gasteiger partial charge in [-0.1, -0.05) is 12.8 Å². The van der Waals surface area contributed by atoms with Crippen LogP contribution in [0.2, 0.25) is 0 Å². The predicted octanol–water partition coefficient (Wildman–Crippen LogP) is 3.26. The molecule has 0 atom stereocenters. The lowest BCUT2D eigenvalue weighted by Gasteiger charge is -2.20. The van der Waals surface area contributed by atoms with Crippen molar-refractivity contribution >= 4 is 27.5 Å². The van der Waals surface area contributed by atoms with Crippen molar-refractivity contribution in [3.8, 4) is 0 Å². The smallest absolute Gasteiger partial charge is 0.270 e. The van der Waals surface area contributed by atoms with Gasteiger partial charge in [0.25, 0.3) is 5.91 Å². The van der Waals surface area contributed by atoms with Crippen LogP contribution < -0.4 is 0 Å². The molecule has 3 nitrogen and oxygen atoms in total. The van der Waals surface area contributed by atoms with Crippen LogP contribution >= 0.6 is 11.3 Å². The summed E-state index contributed by atoms with van der Waals surface area (Å²) in [6.45, 7) is 1.83. The molecule has 2 aromatic heterocycles. The molecular weight excluding hydrogens is 244 g/mol. The second kappa shape index (κ2) is 4.76. The molecule has 3 rings (SSSR count). The third-order valence-corrected chi connectivity index (χ3v) is 4.63. The lowest BCUT2D eigenvalue weighted by atomic mass is 10.2. The molecule has 1 aliphatic rings. The van der Waals surface area contributed by atoms with Gasteiger partial charge in [-0.05, 0) is 30.4 Å². The zero-order valence-corrected chi connectivity index (χ0v) is 11.5. The Morgan fingerprint density at radius 1 is 1.22 bits per heavy atom. The fourth-order valence-corrected chi connectivity index (χ4v) is 3.54. The summed E-state index contributed by atoms with van der Waals surface area (Å²) in [7, 11) is 1.99. The van der Waals surface area contributed by atoms with Gasteiger partial charge in [0, 0.05) is 20.1 Å². The Morgan fingerprint density at radius 2 is 1.94 bits per heavy atom. The largest absolute Gasteiger partial charge is 0.339 e. The van der Waals surface area contributed by atoms with Crippen molar-refractivity contribution in [2.75, 3.05) is 13.1 Å². The number of fused-ring (bicyclic) bond motifs is 1. The van der Waals surface area contributed by atoms with Crippen LogP contribution in [0, 0.1) is 0 Å². The Bertz CT molecular complexity index is 561. The summed E-state index contributed by atoms with van der Waals surface area (Å²) in [6, 6.07) is 4.12. The van der Waals surface area contributed by atoms with E-state index in [9.17, 15) is 4.79 Å². The Labute approximate surface area is 111 Å². The van der Waals surface area contributed by atoms with Crippen LogP contribution in [0.15, 0.2) is 17.5 Å². The van der Waals surface area contributed by atoms with Crippen LogP contribution in [0.25, 0.3) is 10.2 Å². The Morgan fingerprint density at radius 3 is 2.61 bits per heavy atom. The maximum atomic E-state index is 12.6. The fraction of sp³-hybridized carbons (Fsp3) is 0.500. The molecule has 1 saturated heterocycles. The highest BCUT2D eigenvalue weighted by Crippen LogP contribution is 2.25. The Hall–Kier alpha value is -1.29. The minimum Gasteiger partial charge on any atom is -0.339 e. The molecule has 0 saturated carbocycles. The molecule has 4 heteroatoms. The minimum absolute atomic E-state index is 0.197. The summed E-state index contributed by atoms with van der Waals surface area (Å²) < 4.78 is 3.23. The van der Waals surface area contributed by atoms with Gasteiger partial charge < -0.3 is 9.47 Å². The summed E-state index contributed by atoms with van der Waals surface area (Å²) in [6.07, 6.45) is 4.80. The van der Waals surface area contributed by atoms with Crippen molar-refractivity contribution in [2.45, 2.75) is 25.7 Å².